The van der Waals surface area contributed by atoms with Gasteiger partial charge in [-0.2, -0.15) is 0 Å². The molecule has 0 saturated heterocycles. The SMILES string of the molecule is COCc1ccccc1CNCCNC(=O)N(C)C. The first kappa shape index (κ1) is 15.5. The van der Waals surface area contributed by atoms with Crippen LogP contribution in [0.1, 0.15) is 11.1 Å². The van der Waals surface area contributed by atoms with Crippen molar-refractivity contribution < 1.29 is 9.53 Å². The molecule has 19 heavy (non-hydrogen) atoms. The number of amides is 2. The first-order valence-corrected chi connectivity index (χ1v) is 6.36. The normalized spacial score (nSPS) is 10.3. The first-order chi connectivity index (χ1) is 9.15. The molecule has 5 nitrogen and oxygen atoms in total. The van der Waals surface area contributed by atoms with Crippen molar-refractivity contribution >= 4 is 6.03 Å². The van der Waals surface area contributed by atoms with Gasteiger partial charge in [-0.1, -0.05) is 24.3 Å². The van der Waals surface area contributed by atoms with E-state index in [1.807, 2.05) is 12.1 Å². The van der Waals surface area contributed by atoms with E-state index in [-0.39, 0.29) is 6.03 Å². The van der Waals surface area contributed by atoms with Gasteiger partial charge in [-0.15, -0.1) is 0 Å². The molecule has 0 saturated carbocycles. The molecular weight excluding hydrogens is 242 g/mol. The summed E-state index contributed by atoms with van der Waals surface area (Å²) in [6.45, 7) is 2.75. The Labute approximate surface area is 114 Å². The Morgan fingerprint density at radius 2 is 1.89 bits per heavy atom. The fourth-order valence-electron chi connectivity index (χ4n) is 1.67. The zero-order chi connectivity index (χ0) is 14.1. The van der Waals surface area contributed by atoms with E-state index in [9.17, 15) is 4.79 Å². The summed E-state index contributed by atoms with van der Waals surface area (Å²) in [4.78, 5) is 12.8. The van der Waals surface area contributed by atoms with Crippen LogP contribution >= 0.6 is 0 Å². The molecule has 2 N–H and O–H groups in total. The fraction of sp³-hybridized carbons (Fsp3) is 0.500. The molecule has 1 aromatic carbocycles. The van der Waals surface area contributed by atoms with Crippen molar-refractivity contribution in [2.75, 3.05) is 34.3 Å². The van der Waals surface area contributed by atoms with Crippen molar-refractivity contribution in [1.82, 2.24) is 15.5 Å². The number of urea groups is 1. The number of ether oxygens (including phenoxy) is 1. The van der Waals surface area contributed by atoms with Crippen LogP contribution in [0.3, 0.4) is 0 Å². The van der Waals surface area contributed by atoms with Crippen LogP contribution in [-0.2, 0) is 17.9 Å². The van der Waals surface area contributed by atoms with Crippen molar-refractivity contribution in [2.24, 2.45) is 0 Å². The van der Waals surface area contributed by atoms with Crippen molar-refractivity contribution in [2.45, 2.75) is 13.2 Å². The average molecular weight is 265 g/mol. The molecule has 0 spiro atoms. The van der Waals surface area contributed by atoms with E-state index in [1.54, 1.807) is 21.2 Å². The van der Waals surface area contributed by atoms with Gasteiger partial charge in [0.15, 0.2) is 0 Å². The highest BCUT2D eigenvalue weighted by Crippen LogP contribution is 2.09. The van der Waals surface area contributed by atoms with Gasteiger partial charge in [0.05, 0.1) is 6.61 Å². The Balaban J connectivity index is 2.28. The largest absolute Gasteiger partial charge is 0.380 e. The van der Waals surface area contributed by atoms with E-state index in [4.69, 9.17) is 4.74 Å². The van der Waals surface area contributed by atoms with Crippen LogP contribution in [-0.4, -0.2) is 45.2 Å². The third-order valence-electron chi connectivity index (χ3n) is 2.72. The van der Waals surface area contributed by atoms with Gasteiger partial charge in [-0.25, -0.2) is 4.79 Å². The van der Waals surface area contributed by atoms with E-state index in [0.29, 0.717) is 13.2 Å². The minimum atomic E-state index is -0.0680. The van der Waals surface area contributed by atoms with Crippen LogP contribution in [0.4, 0.5) is 4.79 Å². The summed E-state index contributed by atoms with van der Waals surface area (Å²) in [5.41, 5.74) is 2.41. The van der Waals surface area contributed by atoms with Crippen LogP contribution in [0, 0.1) is 0 Å². The summed E-state index contributed by atoms with van der Waals surface area (Å²) in [6.07, 6.45) is 0. The lowest BCUT2D eigenvalue weighted by atomic mass is 10.1. The maximum absolute atomic E-state index is 11.3. The molecule has 0 aliphatic heterocycles. The van der Waals surface area contributed by atoms with Gasteiger partial charge in [0, 0.05) is 40.8 Å². The lowest BCUT2D eigenvalue weighted by Crippen LogP contribution is -2.38. The van der Waals surface area contributed by atoms with Gasteiger partial charge >= 0.3 is 6.03 Å². The first-order valence-electron chi connectivity index (χ1n) is 6.36. The van der Waals surface area contributed by atoms with Crippen LogP contribution in [0.5, 0.6) is 0 Å². The zero-order valence-corrected chi connectivity index (χ0v) is 11.9. The highest BCUT2D eigenvalue weighted by Gasteiger charge is 2.02. The second-order valence-corrected chi connectivity index (χ2v) is 4.50. The topological polar surface area (TPSA) is 53.6 Å². The van der Waals surface area contributed by atoms with Gasteiger partial charge in [0.2, 0.25) is 0 Å². The zero-order valence-electron chi connectivity index (χ0n) is 11.9. The Morgan fingerprint density at radius 3 is 2.53 bits per heavy atom. The van der Waals surface area contributed by atoms with Crippen molar-refractivity contribution in [3.05, 3.63) is 35.4 Å². The van der Waals surface area contributed by atoms with Gasteiger partial charge in [-0.05, 0) is 11.1 Å². The van der Waals surface area contributed by atoms with Crippen LogP contribution in [0.2, 0.25) is 0 Å². The molecule has 0 atom stereocenters. The van der Waals surface area contributed by atoms with Crippen LogP contribution in [0.25, 0.3) is 0 Å². The summed E-state index contributed by atoms with van der Waals surface area (Å²) >= 11 is 0. The van der Waals surface area contributed by atoms with Gasteiger partial charge < -0.3 is 20.3 Å². The minimum absolute atomic E-state index is 0.0680. The summed E-state index contributed by atoms with van der Waals surface area (Å²) in [7, 11) is 5.15. The molecule has 0 radical (unpaired) electrons. The lowest BCUT2D eigenvalue weighted by Gasteiger charge is -2.13. The Bertz CT molecular complexity index is 394. The number of methoxy groups -OCH3 is 1. The van der Waals surface area contributed by atoms with E-state index < -0.39 is 0 Å². The van der Waals surface area contributed by atoms with E-state index in [1.165, 1.54) is 16.0 Å². The number of hydrogen-bond acceptors (Lipinski definition) is 3. The fourth-order valence-corrected chi connectivity index (χ4v) is 1.67. The van der Waals surface area contributed by atoms with E-state index in [0.717, 1.165) is 13.1 Å². The standard InChI is InChI=1S/C14H23N3O2/c1-17(2)14(18)16-9-8-15-10-12-6-4-5-7-13(12)11-19-3/h4-7,15H,8-11H2,1-3H3,(H,16,18). The smallest absolute Gasteiger partial charge is 0.316 e. The van der Waals surface area contributed by atoms with Crippen molar-refractivity contribution in [3.8, 4) is 0 Å². The number of hydrogen-bond donors (Lipinski definition) is 2. The summed E-state index contributed by atoms with van der Waals surface area (Å²) in [5.74, 6) is 0. The van der Waals surface area contributed by atoms with Gasteiger partial charge in [0.25, 0.3) is 0 Å². The second kappa shape index (κ2) is 8.50. The average Bonchev–Trinajstić information content (AvgIpc) is 2.40. The van der Waals surface area contributed by atoms with E-state index >= 15 is 0 Å². The Morgan fingerprint density at radius 1 is 1.21 bits per heavy atom. The van der Waals surface area contributed by atoms with Gasteiger partial charge in [0.1, 0.15) is 0 Å². The molecule has 0 fully saturated rings. The number of benzene rings is 1. The summed E-state index contributed by atoms with van der Waals surface area (Å²) < 4.78 is 5.16. The highest BCUT2D eigenvalue weighted by molar-refractivity contribution is 5.73. The summed E-state index contributed by atoms with van der Waals surface area (Å²) in [5, 5.41) is 6.11. The van der Waals surface area contributed by atoms with Crippen molar-refractivity contribution in [3.63, 3.8) is 0 Å². The van der Waals surface area contributed by atoms with E-state index in [2.05, 4.69) is 22.8 Å². The Kier molecular flexibility index (Phi) is 6.92. The quantitative estimate of drug-likeness (QED) is 0.728. The molecule has 0 aromatic heterocycles. The minimum Gasteiger partial charge on any atom is -0.380 e. The van der Waals surface area contributed by atoms with Crippen LogP contribution < -0.4 is 10.6 Å². The third-order valence-corrected chi connectivity index (χ3v) is 2.72. The number of nitrogens with one attached hydrogen (secondary N) is 2. The maximum atomic E-state index is 11.3. The predicted octanol–water partition coefficient (Wildman–Crippen LogP) is 1.19. The monoisotopic (exact) mass is 265 g/mol. The molecule has 5 heteroatoms. The number of carbonyl (C=O) groups is 1. The highest BCUT2D eigenvalue weighted by atomic mass is 16.5. The molecule has 0 heterocycles. The number of carbonyl (C=O) groups excluding carboxylic acids is 1. The molecule has 0 aliphatic carbocycles. The number of nitrogens with zero attached hydrogens (tertiary/aromatic N) is 1. The molecule has 0 unspecified atom stereocenters. The molecule has 2 amide bonds. The molecule has 1 aromatic rings. The maximum Gasteiger partial charge on any atom is 0.316 e. The summed E-state index contributed by atoms with van der Waals surface area (Å²) in [6, 6.07) is 8.11. The molecule has 0 aliphatic rings. The Hall–Kier alpha value is -1.59. The third kappa shape index (κ3) is 5.72. The molecule has 106 valence electrons. The van der Waals surface area contributed by atoms with Crippen LogP contribution in [0.15, 0.2) is 24.3 Å². The number of rotatable bonds is 7. The molecular formula is C14H23N3O2. The van der Waals surface area contributed by atoms with Gasteiger partial charge in [-0.3, -0.25) is 0 Å². The van der Waals surface area contributed by atoms with Crippen molar-refractivity contribution in [1.29, 1.82) is 0 Å². The lowest BCUT2D eigenvalue weighted by molar-refractivity contribution is 0.184. The molecule has 0 bridgehead atoms. The second-order valence-electron chi connectivity index (χ2n) is 4.50. The molecule has 1 rings (SSSR count). The predicted molar refractivity (Wildman–Crippen MR) is 75.9 cm³/mol.